The van der Waals surface area contributed by atoms with Gasteiger partial charge in [0.05, 0.1) is 0 Å². The summed E-state index contributed by atoms with van der Waals surface area (Å²) < 4.78 is 0. The zero-order valence-corrected chi connectivity index (χ0v) is 9.39. The van der Waals surface area contributed by atoms with E-state index in [1.54, 1.807) is 0 Å². The van der Waals surface area contributed by atoms with E-state index in [4.69, 9.17) is 5.84 Å². The Hall–Kier alpha value is -0.0800. The summed E-state index contributed by atoms with van der Waals surface area (Å²) in [5.41, 5.74) is 3.63. The molecule has 14 heavy (non-hydrogen) atoms. The van der Waals surface area contributed by atoms with E-state index in [-0.39, 0.29) is 0 Å². The van der Waals surface area contributed by atoms with Crippen LogP contribution in [0.15, 0.2) is 0 Å². The van der Waals surface area contributed by atoms with E-state index in [2.05, 4.69) is 12.3 Å². The lowest BCUT2D eigenvalue weighted by Gasteiger charge is -2.30. The van der Waals surface area contributed by atoms with Crippen molar-refractivity contribution in [2.75, 3.05) is 0 Å². The molecule has 2 aliphatic rings. The minimum Gasteiger partial charge on any atom is -0.271 e. The highest BCUT2D eigenvalue weighted by atomic mass is 15.2. The molecule has 0 amide bonds. The molecule has 2 saturated carbocycles. The summed E-state index contributed by atoms with van der Waals surface area (Å²) in [5.74, 6) is 6.57. The van der Waals surface area contributed by atoms with Gasteiger partial charge in [0, 0.05) is 6.04 Å². The van der Waals surface area contributed by atoms with Crippen molar-refractivity contribution in [3.05, 3.63) is 0 Å². The molecule has 2 fully saturated rings. The number of hydrogen-bond donors (Lipinski definition) is 2. The van der Waals surface area contributed by atoms with Crippen LogP contribution in [0, 0.1) is 11.3 Å². The van der Waals surface area contributed by atoms with Crippen molar-refractivity contribution in [3.8, 4) is 0 Å². The largest absolute Gasteiger partial charge is 0.271 e. The number of hydrogen-bond acceptors (Lipinski definition) is 2. The van der Waals surface area contributed by atoms with Gasteiger partial charge in [0.1, 0.15) is 0 Å². The maximum atomic E-state index is 5.73. The van der Waals surface area contributed by atoms with E-state index >= 15 is 0 Å². The Morgan fingerprint density at radius 1 is 1.14 bits per heavy atom. The van der Waals surface area contributed by atoms with Gasteiger partial charge >= 0.3 is 0 Å². The summed E-state index contributed by atoms with van der Waals surface area (Å²) in [4.78, 5) is 0. The van der Waals surface area contributed by atoms with Gasteiger partial charge in [-0.1, -0.05) is 32.6 Å². The summed E-state index contributed by atoms with van der Waals surface area (Å²) in [6.07, 6.45) is 11.2. The van der Waals surface area contributed by atoms with E-state index in [1.807, 2.05) is 0 Å². The maximum absolute atomic E-state index is 5.73. The second-order valence-electron chi connectivity index (χ2n) is 5.55. The Morgan fingerprint density at radius 2 is 1.71 bits per heavy atom. The van der Waals surface area contributed by atoms with Crippen LogP contribution in [0.3, 0.4) is 0 Å². The number of nitrogens with two attached hydrogens (primary N) is 1. The second-order valence-corrected chi connectivity index (χ2v) is 5.55. The molecule has 2 aliphatic carbocycles. The Bertz CT molecular complexity index is 179. The highest BCUT2D eigenvalue weighted by Gasteiger charge is 2.47. The molecule has 2 nitrogen and oxygen atoms in total. The van der Waals surface area contributed by atoms with Crippen molar-refractivity contribution in [3.63, 3.8) is 0 Å². The van der Waals surface area contributed by atoms with Crippen molar-refractivity contribution in [2.45, 2.75) is 64.3 Å². The molecule has 0 spiro atoms. The van der Waals surface area contributed by atoms with Crippen LogP contribution in [0.4, 0.5) is 0 Å². The van der Waals surface area contributed by atoms with Gasteiger partial charge in [0.2, 0.25) is 0 Å². The predicted octanol–water partition coefficient (Wildman–Crippen LogP) is 2.59. The highest BCUT2D eigenvalue weighted by molar-refractivity contribution is 5.00. The molecule has 0 aromatic rings. The van der Waals surface area contributed by atoms with Crippen molar-refractivity contribution in [1.29, 1.82) is 0 Å². The molecule has 1 atom stereocenters. The van der Waals surface area contributed by atoms with Crippen LogP contribution in [0.1, 0.15) is 58.3 Å². The van der Waals surface area contributed by atoms with Gasteiger partial charge in [-0.05, 0) is 37.0 Å². The fourth-order valence-electron chi connectivity index (χ4n) is 3.06. The molecule has 0 aromatic carbocycles. The summed E-state index contributed by atoms with van der Waals surface area (Å²) in [6, 6.07) is 0.584. The second kappa shape index (κ2) is 4.19. The average molecular weight is 196 g/mol. The Kier molecular flexibility index (Phi) is 3.13. The monoisotopic (exact) mass is 196 g/mol. The van der Waals surface area contributed by atoms with Crippen molar-refractivity contribution < 1.29 is 0 Å². The van der Waals surface area contributed by atoms with Crippen LogP contribution < -0.4 is 11.3 Å². The molecule has 3 N–H and O–H groups in total. The third-order valence-corrected chi connectivity index (χ3v) is 4.34. The lowest BCUT2D eigenvalue weighted by atomic mass is 9.83. The van der Waals surface area contributed by atoms with Crippen molar-refractivity contribution >= 4 is 0 Å². The molecule has 0 bridgehead atoms. The fraction of sp³-hybridized carbons (Fsp3) is 1.00. The van der Waals surface area contributed by atoms with Crippen LogP contribution in [-0.2, 0) is 0 Å². The Morgan fingerprint density at radius 3 is 2.14 bits per heavy atom. The first-order chi connectivity index (χ1) is 6.76. The first-order valence-corrected chi connectivity index (χ1v) is 6.22. The van der Waals surface area contributed by atoms with Gasteiger partial charge in [-0.25, -0.2) is 0 Å². The number of rotatable bonds is 3. The van der Waals surface area contributed by atoms with E-state index in [1.165, 1.54) is 51.4 Å². The molecular formula is C12H24N2. The quantitative estimate of drug-likeness (QED) is 0.413. The molecule has 2 rings (SSSR count). The third kappa shape index (κ3) is 2.12. The van der Waals surface area contributed by atoms with Gasteiger partial charge < -0.3 is 0 Å². The SMILES string of the molecule is CC1(C(NN)C2CCCCCC2)CC1. The van der Waals surface area contributed by atoms with Gasteiger partial charge in [-0.15, -0.1) is 0 Å². The van der Waals surface area contributed by atoms with E-state index < -0.39 is 0 Å². The van der Waals surface area contributed by atoms with Crippen molar-refractivity contribution in [2.24, 2.45) is 17.2 Å². The van der Waals surface area contributed by atoms with Crippen LogP contribution in [0.5, 0.6) is 0 Å². The third-order valence-electron chi connectivity index (χ3n) is 4.34. The van der Waals surface area contributed by atoms with E-state index in [0.717, 1.165) is 5.92 Å². The lowest BCUT2D eigenvalue weighted by Crippen LogP contribution is -2.46. The zero-order valence-electron chi connectivity index (χ0n) is 9.39. The molecule has 82 valence electrons. The molecule has 0 heterocycles. The molecular weight excluding hydrogens is 172 g/mol. The number of hydrazine groups is 1. The summed E-state index contributed by atoms with van der Waals surface area (Å²) in [6.45, 7) is 2.39. The maximum Gasteiger partial charge on any atom is 0.0292 e. The van der Waals surface area contributed by atoms with Crippen LogP contribution in [-0.4, -0.2) is 6.04 Å². The van der Waals surface area contributed by atoms with E-state index in [0.29, 0.717) is 11.5 Å². The fourth-order valence-corrected chi connectivity index (χ4v) is 3.06. The molecule has 0 saturated heterocycles. The standard InChI is InChI=1S/C12H24N2/c1-12(8-9-12)11(14-13)10-6-4-2-3-5-7-10/h10-11,14H,2-9,13H2,1H3. The van der Waals surface area contributed by atoms with Gasteiger partial charge in [0.15, 0.2) is 0 Å². The van der Waals surface area contributed by atoms with Gasteiger partial charge in [0.25, 0.3) is 0 Å². The topological polar surface area (TPSA) is 38.0 Å². The molecule has 1 unspecified atom stereocenters. The molecule has 0 aliphatic heterocycles. The highest BCUT2D eigenvalue weighted by Crippen LogP contribution is 2.51. The smallest absolute Gasteiger partial charge is 0.0292 e. The molecule has 0 radical (unpaired) electrons. The summed E-state index contributed by atoms with van der Waals surface area (Å²) in [5, 5.41) is 0. The Labute approximate surface area is 87.6 Å². The van der Waals surface area contributed by atoms with Crippen LogP contribution in [0.2, 0.25) is 0 Å². The zero-order chi connectivity index (χ0) is 10.0. The average Bonchev–Trinajstić information content (AvgIpc) is 2.93. The molecule has 2 heteroatoms. The van der Waals surface area contributed by atoms with Crippen LogP contribution in [0.25, 0.3) is 0 Å². The van der Waals surface area contributed by atoms with Gasteiger partial charge in [-0.2, -0.15) is 0 Å². The molecule has 0 aromatic heterocycles. The van der Waals surface area contributed by atoms with Crippen molar-refractivity contribution in [1.82, 2.24) is 5.43 Å². The lowest BCUT2D eigenvalue weighted by molar-refractivity contribution is 0.233. The summed E-state index contributed by atoms with van der Waals surface area (Å²) in [7, 11) is 0. The predicted molar refractivity (Wildman–Crippen MR) is 59.6 cm³/mol. The first kappa shape index (κ1) is 10.4. The summed E-state index contributed by atoms with van der Waals surface area (Å²) >= 11 is 0. The number of nitrogens with one attached hydrogen (secondary N) is 1. The van der Waals surface area contributed by atoms with E-state index in [9.17, 15) is 0 Å². The minimum absolute atomic E-state index is 0.532. The normalized spacial score (nSPS) is 29.6. The first-order valence-electron chi connectivity index (χ1n) is 6.22. The van der Waals surface area contributed by atoms with Gasteiger partial charge in [-0.3, -0.25) is 11.3 Å². The Balaban J connectivity index is 1.95. The minimum atomic E-state index is 0.532. The van der Waals surface area contributed by atoms with Crippen LogP contribution >= 0.6 is 0 Å².